The quantitative estimate of drug-likeness (QED) is 0.407. The second-order valence-electron chi connectivity index (χ2n) is 9.80. The SMILES string of the molecule is CC.CC/C=C(/C(C(N)=O)=C1/NCCC(C2CCNCC2)N1C)c1ccc(C)cc1.CCc1ccccc1. The van der Waals surface area contributed by atoms with Crippen LogP contribution in [0.5, 0.6) is 0 Å². The van der Waals surface area contributed by atoms with E-state index in [1.54, 1.807) is 0 Å². The molecule has 5 nitrogen and oxygen atoms in total. The van der Waals surface area contributed by atoms with E-state index in [-0.39, 0.29) is 5.91 Å². The number of nitrogens with two attached hydrogens (primary N) is 1. The Balaban J connectivity index is 0.000000428. The van der Waals surface area contributed by atoms with E-state index in [0.717, 1.165) is 55.9 Å². The van der Waals surface area contributed by atoms with Crippen molar-refractivity contribution in [2.75, 3.05) is 26.7 Å². The van der Waals surface area contributed by atoms with Crippen LogP contribution in [0.1, 0.15) is 70.1 Å². The number of piperidine rings is 1. The van der Waals surface area contributed by atoms with Gasteiger partial charge in [0.05, 0.1) is 5.57 Å². The number of carbonyl (C=O) groups is 1. The fourth-order valence-corrected chi connectivity index (χ4v) is 5.26. The van der Waals surface area contributed by atoms with Crippen molar-refractivity contribution in [2.24, 2.45) is 11.7 Å². The number of aryl methyl sites for hydroxylation is 2. The van der Waals surface area contributed by atoms with Gasteiger partial charge in [0.25, 0.3) is 5.91 Å². The molecular weight excluding hydrogens is 468 g/mol. The Labute approximate surface area is 231 Å². The number of primary amides is 1. The smallest absolute Gasteiger partial charge is 0.252 e. The molecule has 2 aliphatic heterocycles. The lowest BCUT2D eigenvalue weighted by atomic mass is 9.85. The molecule has 2 aromatic rings. The summed E-state index contributed by atoms with van der Waals surface area (Å²) in [5.41, 5.74) is 11.1. The highest BCUT2D eigenvalue weighted by Crippen LogP contribution is 2.32. The minimum Gasteiger partial charge on any atom is -0.371 e. The van der Waals surface area contributed by atoms with E-state index in [0.29, 0.717) is 17.5 Å². The van der Waals surface area contributed by atoms with Crippen molar-refractivity contribution in [1.29, 1.82) is 0 Å². The molecule has 0 aromatic heterocycles. The van der Waals surface area contributed by atoms with Gasteiger partial charge in [0, 0.05) is 19.6 Å². The molecule has 1 atom stereocenters. The highest BCUT2D eigenvalue weighted by molar-refractivity contribution is 6.08. The van der Waals surface area contributed by atoms with Crippen LogP contribution in [0.25, 0.3) is 5.57 Å². The van der Waals surface area contributed by atoms with Crippen molar-refractivity contribution >= 4 is 11.5 Å². The fraction of sp³-hybridized carbons (Fsp3) is 0.485. The van der Waals surface area contributed by atoms with Gasteiger partial charge in [-0.1, -0.05) is 93.9 Å². The van der Waals surface area contributed by atoms with Crippen molar-refractivity contribution in [3.8, 4) is 0 Å². The number of hydrogen-bond donors (Lipinski definition) is 3. The summed E-state index contributed by atoms with van der Waals surface area (Å²) < 4.78 is 0. The van der Waals surface area contributed by atoms with Crippen molar-refractivity contribution in [3.05, 3.63) is 88.8 Å². The predicted octanol–water partition coefficient (Wildman–Crippen LogP) is 6.05. The maximum atomic E-state index is 12.6. The van der Waals surface area contributed by atoms with Crippen LogP contribution in [0.15, 0.2) is 72.1 Å². The Morgan fingerprint density at radius 2 is 1.61 bits per heavy atom. The van der Waals surface area contributed by atoms with Gasteiger partial charge >= 0.3 is 0 Å². The monoisotopic (exact) mass is 518 g/mol. The van der Waals surface area contributed by atoms with Crippen LogP contribution < -0.4 is 16.4 Å². The van der Waals surface area contributed by atoms with E-state index in [2.05, 4.69) is 98.0 Å². The van der Waals surface area contributed by atoms with Crippen LogP contribution >= 0.6 is 0 Å². The van der Waals surface area contributed by atoms with E-state index < -0.39 is 0 Å². The molecule has 208 valence electrons. The van der Waals surface area contributed by atoms with Crippen molar-refractivity contribution in [3.63, 3.8) is 0 Å². The number of hydrogen-bond acceptors (Lipinski definition) is 4. The molecule has 2 aromatic carbocycles. The molecule has 0 aliphatic carbocycles. The molecule has 0 spiro atoms. The predicted molar refractivity (Wildman–Crippen MR) is 163 cm³/mol. The molecule has 0 bridgehead atoms. The minimum absolute atomic E-state index is 0.374. The first-order chi connectivity index (χ1) is 18.5. The summed E-state index contributed by atoms with van der Waals surface area (Å²) in [6.45, 7) is 13.4. The second-order valence-corrected chi connectivity index (χ2v) is 9.80. The fourth-order valence-electron chi connectivity index (χ4n) is 5.26. The Bertz CT molecular complexity index is 1020. The maximum absolute atomic E-state index is 12.6. The Kier molecular flexibility index (Phi) is 13.7. The third kappa shape index (κ3) is 8.76. The van der Waals surface area contributed by atoms with E-state index in [4.69, 9.17) is 5.73 Å². The topological polar surface area (TPSA) is 70.4 Å². The normalized spacial score (nSPS) is 19.3. The summed E-state index contributed by atoms with van der Waals surface area (Å²) >= 11 is 0. The summed E-state index contributed by atoms with van der Waals surface area (Å²) in [7, 11) is 2.11. The summed E-state index contributed by atoms with van der Waals surface area (Å²) in [5.74, 6) is 1.15. The largest absolute Gasteiger partial charge is 0.371 e. The molecule has 1 unspecified atom stereocenters. The standard InChI is InChI=1S/C23H34N4O.C8H10.C2H6/c1-4-5-19(17-8-6-16(2)7-9-17)21(22(24)28)23-26-15-12-20(27(23)3)18-10-13-25-14-11-18;1-2-8-6-4-3-5-7-8;1-2/h5-9,18,20,25-26H,4,10-15H2,1-3H3,(H2,24,28);3-7H,2H2,1H3;1-2H3/b19-5+,23-21+;;. The average Bonchev–Trinajstić information content (AvgIpc) is 2.96. The number of benzene rings is 2. The molecule has 4 rings (SSSR count). The summed E-state index contributed by atoms with van der Waals surface area (Å²) in [5, 5.41) is 6.94. The molecule has 1 amide bonds. The Morgan fingerprint density at radius 3 is 2.13 bits per heavy atom. The Hall–Kier alpha value is -3.05. The van der Waals surface area contributed by atoms with Crippen LogP contribution in [0.2, 0.25) is 0 Å². The van der Waals surface area contributed by atoms with Crippen LogP contribution in [0.3, 0.4) is 0 Å². The summed E-state index contributed by atoms with van der Waals surface area (Å²) in [6, 6.07) is 19.2. The van der Waals surface area contributed by atoms with E-state index in [1.807, 2.05) is 19.9 Å². The lowest BCUT2D eigenvalue weighted by Gasteiger charge is -2.43. The van der Waals surface area contributed by atoms with Gasteiger partial charge in [-0.2, -0.15) is 0 Å². The second kappa shape index (κ2) is 16.7. The third-order valence-electron chi connectivity index (χ3n) is 7.29. The highest BCUT2D eigenvalue weighted by Gasteiger charge is 2.33. The van der Waals surface area contributed by atoms with Crippen molar-refractivity contribution in [2.45, 2.75) is 72.8 Å². The number of nitrogens with zero attached hydrogens (tertiary/aromatic N) is 1. The number of nitrogens with one attached hydrogen (secondary N) is 2. The van der Waals surface area contributed by atoms with Gasteiger partial charge in [0.15, 0.2) is 0 Å². The molecule has 5 heteroatoms. The Morgan fingerprint density at radius 1 is 0.974 bits per heavy atom. The van der Waals surface area contributed by atoms with Crippen LogP contribution in [-0.4, -0.2) is 43.5 Å². The lowest BCUT2D eigenvalue weighted by Crippen LogP contribution is -2.51. The molecular formula is C33H50N4O. The van der Waals surface area contributed by atoms with E-state index in [9.17, 15) is 4.79 Å². The zero-order valence-corrected chi connectivity index (χ0v) is 24.5. The molecule has 2 saturated heterocycles. The lowest BCUT2D eigenvalue weighted by molar-refractivity contribution is -0.114. The summed E-state index contributed by atoms with van der Waals surface area (Å²) in [6.07, 6.45) is 7.55. The van der Waals surface area contributed by atoms with Crippen LogP contribution in [0, 0.1) is 12.8 Å². The first-order valence-electron chi connectivity index (χ1n) is 14.5. The first kappa shape index (κ1) is 31.2. The molecule has 2 fully saturated rings. The molecule has 0 saturated carbocycles. The van der Waals surface area contributed by atoms with Gasteiger partial charge in [-0.15, -0.1) is 0 Å². The average molecular weight is 519 g/mol. The number of allylic oxidation sites excluding steroid dienone is 1. The van der Waals surface area contributed by atoms with E-state index >= 15 is 0 Å². The van der Waals surface area contributed by atoms with E-state index in [1.165, 1.54) is 24.0 Å². The van der Waals surface area contributed by atoms with Gasteiger partial charge in [-0.25, -0.2) is 0 Å². The highest BCUT2D eigenvalue weighted by atomic mass is 16.1. The third-order valence-corrected chi connectivity index (χ3v) is 7.29. The number of rotatable bonds is 6. The van der Waals surface area contributed by atoms with Gasteiger partial charge in [0.1, 0.15) is 5.82 Å². The number of carbonyl (C=O) groups excluding carboxylic acids is 1. The minimum atomic E-state index is -0.374. The zero-order valence-electron chi connectivity index (χ0n) is 24.5. The van der Waals surface area contributed by atoms with Gasteiger partial charge in [-0.05, 0) is 74.7 Å². The zero-order chi connectivity index (χ0) is 27.9. The molecule has 2 heterocycles. The summed E-state index contributed by atoms with van der Waals surface area (Å²) in [4.78, 5) is 14.9. The van der Waals surface area contributed by atoms with Gasteiger partial charge < -0.3 is 21.3 Å². The van der Waals surface area contributed by atoms with Gasteiger partial charge in [0.2, 0.25) is 0 Å². The van der Waals surface area contributed by atoms with Crippen molar-refractivity contribution < 1.29 is 4.79 Å². The molecule has 38 heavy (non-hydrogen) atoms. The van der Waals surface area contributed by atoms with Crippen LogP contribution in [-0.2, 0) is 11.2 Å². The molecule has 2 aliphatic rings. The van der Waals surface area contributed by atoms with Gasteiger partial charge in [-0.3, -0.25) is 4.79 Å². The van der Waals surface area contributed by atoms with Crippen LogP contribution in [0.4, 0.5) is 0 Å². The van der Waals surface area contributed by atoms with Crippen molar-refractivity contribution in [1.82, 2.24) is 15.5 Å². The molecule has 4 N–H and O–H groups in total. The maximum Gasteiger partial charge on any atom is 0.252 e. The number of amides is 1. The first-order valence-corrected chi connectivity index (χ1v) is 14.5. The molecule has 0 radical (unpaired) electrons.